The molecule has 0 amide bonds. The van der Waals surface area contributed by atoms with Gasteiger partial charge in [0.25, 0.3) is 0 Å². The maximum Gasteiger partial charge on any atom is 0.202 e. The molecule has 0 aliphatic heterocycles. The SMILES string of the molecule is CO[NH2+]c1cnc(-n2nc3cccnc3n2)c(Cl)c1. The summed E-state index contributed by atoms with van der Waals surface area (Å²) in [4.78, 5) is 14.6. The summed E-state index contributed by atoms with van der Waals surface area (Å²) in [5.74, 6) is 0.452. The highest BCUT2D eigenvalue weighted by Crippen LogP contribution is 2.19. The molecule has 3 heterocycles. The number of fused-ring (bicyclic) bond motifs is 1. The number of nitrogens with zero attached hydrogens (tertiary/aromatic N) is 5. The molecule has 3 aromatic heterocycles. The minimum Gasteiger partial charge on any atom is -0.234 e. The van der Waals surface area contributed by atoms with E-state index < -0.39 is 0 Å². The van der Waals surface area contributed by atoms with Crippen molar-refractivity contribution in [2.75, 3.05) is 7.11 Å². The molecule has 96 valence electrons. The maximum atomic E-state index is 6.17. The first-order valence-electron chi connectivity index (χ1n) is 5.48. The lowest BCUT2D eigenvalue weighted by molar-refractivity contribution is -0.830. The molecule has 0 aliphatic rings. The largest absolute Gasteiger partial charge is 0.234 e. The van der Waals surface area contributed by atoms with Gasteiger partial charge >= 0.3 is 0 Å². The standard InChI is InChI=1S/C11H9ClN6O/c1-19-17-7-5-8(12)11(14-6-7)18-15-9-3-2-4-13-10(9)16-18/h2-6,17H,1H3/p+1. The Kier molecular flexibility index (Phi) is 3.08. The average molecular weight is 278 g/mol. The Morgan fingerprint density at radius 3 is 2.95 bits per heavy atom. The summed E-state index contributed by atoms with van der Waals surface area (Å²) in [5.41, 5.74) is 3.56. The third kappa shape index (κ3) is 2.26. The number of pyridine rings is 2. The third-order valence-electron chi connectivity index (χ3n) is 2.44. The normalized spacial score (nSPS) is 11.1. The molecule has 0 aliphatic carbocycles. The number of rotatable bonds is 3. The lowest BCUT2D eigenvalue weighted by Gasteiger charge is -2.02. The van der Waals surface area contributed by atoms with E-state index in [1.54, 1.807) is 37.1 Å². The predicted octanol–water partition coefficient (Wildman–Crippen LogP) is 0.620. The van der Waals surface area contributed by atoms with Crippen molar-refractivity contribution in [2.24, 2.45) is 0 Å². The Bertz CT molecular complexity index is 695. The monoisotopic (exact) mass is 277 g/mol. The number of quaternary nitrogens is 1. The Labute approximate surface area is 113 Å². The molecule has 0 fully saturated rings. The summed E-state index contributed by atoms with van der Waals surface area (Å²) in [6, 6.07) is 5.36. The fourth-order valence-corrected chi connectivity index (χ4v) is 1.90. The van der Waals surface area contributed by atoms with Crippen molar-refractivity contribution in [3.05, 3.63) is 35.6 Å². The minimum absolute atomic E-state index is 0.436. The van der Waals surface area contributed by atoms with Crippen LogP contribution in [0.5, 0.6) is 0 Å². The van der Waals surface area contributed by atoms with Gasteiger partial charge in [-0.25, -0.2) is 14.8 Å². The van der Waals surface area contributed by atoms with Crippen LogP contribution in [0, 0.1) is 0 Å². The first kappa shape index (κ1) is 12.0. The van der Waals surface area contributed by atoms with E-state index in [9.17, 15) is 0 Å². The smallest absolute Gasteiger partial charge is 0.202 e. The van der Waals surface area contributed by atoms with E-state index in [0.717, 1.165) is 5.69 Å². The highest BCUT2D eigenvalue weighted by atomic mass is 35.5. The van der Waals surface area contributed by atoms with Crippen molar-refractivity contribution in [1.29, 1.82) is 0 Å². The average Bonchev–Trinajstić information content (AvgIpc) is 2.82. The number of halogens is 1. The van der Waals surface area contributed by atoms with Crippen LogP contribution in [0.25, 0.3) is 17.0 Å². The summed E-state index contributed by atoms with van der Waals surface area (Å²) in [5, 5.41) is 8.94. The molecule has 3 rings (SSSR count). The van der Waals surface area contributed by atoms with E-state index in [4.69, 9.17) is 16.4 Å². The molecule has 0 saturated carbocycles. The van der Waals surface area contributed by atoms with Crippen molar-refractivity contribution in [1.82, 2.24) is 25.0 Å². The minimum atomic E-state index is 0.436. The molecule has 0 bridgehead atoms. The third-order valence-corrected chi connectivity index (χ3v) is 2.72. The van der Waals surface area contributed by atoms with Gasteiger partial charge in [-0.05, 0) is 12.1 Å². The fourth-order valence-electron chi connectivity index (χ4n) is 1.65. The van der Waals surface area contributed by atoms with Gasteiger partial charge in [0.2, 0.25) is 5.65 Å². The van der Waals surface area contributed by atoms with E-state index in [1.165, 1.54) is 4.80 Å². The molecule has 19 heavy (non-hydrogen) atoms. The van der Waals surface area contributed by atoms with Crippen LogP contribution in [-0.4, -0.2) is 32.1 Å². The van der Waals surface area contributed by atoms with Crippen LogP contribution in [-0.2, 0) is 4.84 Å². The Hall–Kier alpha value is -2.09. The molecule has 0 aromatic carbocycles. The molecular formula is C11H10ClN6O+. The van der Waals surface area contributed by atoms with Crippen molar-refractivity contribution in [2.45, 2.75) is 0 Å². The summed E-state index contributed by atoms with van der Waals surface area (Å²) in [6.45, 7) is 0. The summed E-state index contributed by atoms with van der Waals surface area (Å²) in [6.07, 6.45) is 3.29. The second-order valence-corrected chi connectivity index (χ2v) is 4.17. The van der Waals surface area contributed by atoms with Crippen LogP contribution in [0.1, 0.15) is 0 Å². The zero-order chi connectivity index (χ0) is 13.2. The highest BCUT2D eigenvalue weighted by Gasteiger charge is 2.12. The van der Waals surface area contributed by atoms with E-state index >= 15 is 0 Å². The van der Waals surface area contributed by atoms with Gasteiger partial charge < -0.3 is 0 Å². The van der Waals surface area contributed by atoms with Crippen LogP contribution in [0.3, 0.4) is 0 Å². The number of nitrogens with two attached hydrogens (primary N) is 1. The highest BCUT2D eigenvalue weighted by molar-refractivity contribution is 6.32. The first-order chi connectivity index (χ1) is 9.28. The van der Waals surface area contributed by atoms with Crippen LogP contribution >= 0.6 is 11.6 Å². The second kappa shape index (κ2) is 4.88. The molecule has 0 atom stereocenters. The molecule has 0 radical (unpaired) electrons. The van der Waals surface area contributed by atoms with E-state index in [2.05, 4.69) is 20.2 Å². The Balaban J connectivity index is 2.05. The molecule has 3 aromatic rings. The maximum absolute atomic E-state index is 6.17. The van der Waals surface area contributed by atoms with Gasteiger partial charge in [0.15, 0.2) is 11.5 Å². The van der Waals surface area contributed by atoms with Crippen molar-refractivity contribution in [3.63, 3.8) is 0 Å². The van der Waals surface area contributed by atoms with Crippen molar-refractivity contribution in [3.8, 4) is 5.82 Å². The molecule has 8 heteroatoms. The van der Waals surface area contributed by atoms with Gasteiger partial charge in [-0.3, -0.25) is 0 Å². The molecule has 7 nitrogen and oxygen atoms in total. The number of aromatic nitrogens is 5. The van der Waals surface area contributed by atoms with Gasteiger partial charge in [0, 0.05) is 12.3 Å². The molecular weight excluding hydrogens is 268 g/mol. The fraction of sp³-hybridized carbons (Fsp3) is 0.0909. The second-order valence-electron chi connectivity index (χ2n) is 3.76. The zero-order valence-corrected chi connectivity index (χ0v) is 10.7. The first-order valence-corrected chi connectivity index (χ1v) is 5.86. The molecule has 2 N–H and O–H groups in total. The topological polar surface area (TPSA) is 82.3 Å². The lowest BCUT2D eigenvalue weighted by Crippen LogP contribution is -2.76. The van der Waals surface area contributed by atoms with E-state index in [0.29, 0.717) is 22.0 Å². The number of hydrogen-bond donors (Lipinski definition) is 1. The van der Waals surface area contributed by atoms with Gasteiger partial charge in [0.05, 0.1) is 18.3 Å². The van der Waals surface area contributed by atoms with Crippen LogP contribution < -0.4 is 5.48 Å². The van der Waals surface area contributed by atoms with Crippen LogP contribution in [0.15, 0.2) is 30.6 Å². The van der Waals surface area contributed by atoms with Gasteiger partial charge in [0.1, 0.15) is 5.52 Å². The quantitative estimate of drug-likeness (QED) is 0.710. The lowest BCUT2D eigenvalue weighted by atomic mass is 10.4. The number of hydrogen-bond acceptors (Lipinski definition) is 5. The van der Waals surface area contributed by atoms with Crippen LogP contribution in [0.2, 0.25) is 5.02 Å². The zero-order valence-electron chi connectivity index (χ0n) is 9.99. The van der Waals surface area contributed by atoms with Crippen molar-refractivity contribution < 1.29 is 10.3 Å². The molecule has 0 unspecified atom stereocenters. The van der Waals surface area contributed by atoms with E-state index in [-0.39, 0.29) is 0 Å². The van der Waals surface area contributed by atoms with Gasteiger partial charge in [-0.15, -0.1) is 15.0 Å². The van der Waals surface area contributed by atoms with Crippen LogP contribution in [0.4, 0.5) is 5.69 Å². The predicted molar refractivity (Wildman–Crippen MR) is 68.1 cm³/mol. The molecule has 0 saturated heterocycles. The van der Waals surface area contributed by atoms with Gasteiger partial charge in [-0.2, -0.15) is 5.48 Å². The molecule has 0 spiro atoms. The summed E-state index contributed by atoms with van der Waals surface area (Å²) >= 11 is 6.17. The Morgan fingerprint density at radius 2 is 2.21 bits per heavy atom. The summed E-state index contributed by atoms with van der Waals surface area (Å²) < 4.78 is 0. The van der Waals surface area contributed by atoms with Crippen molar-refractivity contribution >= 4 is 28.5 Å². The summed E-state index contributed by atoms with van der Waals surface area (Å²) in [7, 11) is 1.56. The van der Waals surface area contributed by atoms with E-state index in [1.807, 2.05) is 6.07 Å². The van der Waals surface area contributed by atoms with Gasteiger partial charge in [-0.1, -0.05) is 11.6 Å². The Morgan fingerprint density at radius 1 is 1.32 bits per heavy atom.